The molecule has 112 valence electrons. The molecule has 1 rings (SSSR count). The number of benzene rings is 1. The quantitative estimate of drug-likeness (QED) is 0.680. The number of ether oxygens (including phenoxy) is 1. The van der Waals surface area contributed by atoms with Gasteiger partial charge in [0.15, 0.2) is 0 Å². The fourth-order valence-corrected chi connectivity index (χ4v) is 1.90. The second-order valence-electron chi connectivity index (χ2n) is 5.42. The molecule has 0 spiro atoms. The lowest BCUT2D eigenvalue weighted by molar-refractivity contribution is -0.122. The Balaban J connectivity index is 2.03. The van der Waals surface area contributed by atoms with Gasteiger partial charge in [0, 0.05) is 13.2 Å². The summed E-state index contributed by atoms with van der Waals surface area (Å²) in [5, 5.41) is 2.84. The Bertz CT molecular complexity index is 379. The van der Waals surface area contributed by atoms with E-state index in [0.717, 1.165) is 18.4 Å². The van der Waals surface area contributed by atoms with E-state index in [1.807, 2.05) is 30.3 Å². The van der Waals surface area contributed by atoms with Crippen LogP contribution in [0.1, 0.15) is 32.3 Å². The second-order valence-corrected chi connectivity index (χ2v) is 5.42. The van der Waals surface area contributed by atoms with E-state index in [0.29, 0.717) is 25.7 Å². The molecule has 0 unspecified atom stereocenters. The van der Waals surface area contributed by atoms with E-state index in [1.54, 1.807) is 0 Å². The van der Waals surface area contributed by atoms with E-state index in [9.17, 15) is 4.79 Å². The fourth-order valence-electron chi connectivity index (χ4n) is 1.90. The van der Waals surface area contributed by atoms with Gasteiger partial charge in [0.2, 0.25) is 5.91 Å². The van der Waals surface area contributed by atoms with Crippen molar-refractivity contribution in [2.24, 2.45) is 11.7 Å². The minimum absolute atomic E-state index is 0.0678. The first-order valence-corrected chi connectivity index (χ1v) is 7.24. The molecule has 0 saturated carbocycles. The molecule has 0 bridgehead atoms. The minimum atomic E-state index is -0.403. The zero-order valence-electron chi connectivity index (χ0n) is 12.5. The third-order valence-corrected chi connectivity index (χ3v) is 2.94. The van der Waals surface area contributed by atoms with E-state index in [-0.39, 0.29) is 5.91 Å². The van der Waals surface area contributed by atoms with Crippen LogP contribution in [0.15, 0.2) is 30.3 Å². The average Bonchev–Trinajstić information content (AvgIpc) is 2.42. The topological polar surface area (TPSA) is 64.4 Å². The van der Waals surface area contributed by atoms with Crippen molar-refractivity contribution in [1.29, 1.82) is 0 Å². The Hall–Kier alpha value is -1.39. The van der Waals surface area contributed by atoms with Crippen molar-refractivity contribution in [3.63, 3.8) is 0 Å². The highest BCUT2D eigenvalue weighted by Crippen LogP contribution is 2.03. The van der Waals surface area contributed by atoms with Gasteiger partial charge in [0.25, 0.3) is 0 Å². The van der Waals surface area contributed by atoms with Gasteiger partial charge in [-0.15, -0.1) is 0 Å². The SMILES string of the molecule is CC(C)C[C@H](N)C(=O)NCCCOCc1ccccc1. The Kier molecular flexibility index (Phi) is 7.92. The van der Waals surface area contributed by atoms with E-state index in [4.69, 9.17) is 10.5 Å². The predicted molar refractivity (Wildman–Crippen MR) is 81.2 cm³/mol. The number of nitrogens with two attached hydrogens (primary N) is 1. The van der Waals surface area contributed by atoms with Crippen LogP contribution in [0.3, 0.4) is 0 Å². The molecule has 0 fully saturated rings. The minimum Gasteiger partial charge on any atom is -0.377 e. The monoisotopic (exact) mass is 278 g/mol. The number of rotatable bonds is 9. The zero-order chi connectivity index (χ0) is 14.8. The van der Waals surface area contributed by atoms with Crippen molar-refractivity contribution < 1.29 is 9.53 Å². The molecule has 1 amide bonds. The molecule has 1 atom stereocenters. The molecular weight excluding hydrogens is 252 g/mol. The molecular formula is C16H26N2O2. The summed E-state index contributed by atoms with van der Waals surface area (Å²) in [7, 11) is 0. The second kappa shape index (κ2) is 9.50. The first-order chi connectivity index (χ1) is 9.59. The largest absolute Gasteiger partial charge is 0.377 e. The highest BCUT2D eigenvalue weighted by molar-refractivity contribution is 5.81. The van der Waals surface area contributed by atoms with Crippen LogP contribution in [0.5, 0.6) is 0 Å². The molecule has 20 heavy (non-hydrogen) atoms. The highest BCUT2D eigenvalue weighted by Gasteiger charge is 2.13. The zero-order valence-corrected chi connectivity index (χ0v) is 12.5. The van der Waals surface area contributed by atoms with Crippen LogP contribution in [0.25, 0.3) is 0 Å². The van der Waals surface area contributed by atoms with Gasteiger partial charge in [0.1, 0.15) is 0 Å². The molecule has 0 aromatic heterocycles. The summed E-state index contributed by atoms with van der Waals surface area (Å²) in [5.41, 5.74) is 6.95. The summed E-state index contributed by atoms with van der Waals surface area (Å²) in [4.78, 5) is 11.7. The lowest BCUT2D eigenvalue weighted by Gasteiger charge is -2.14. The first-order valence-electron chi connectivity index (χ1n) is 7.24. The first kappa shape index (κ1) is 16.7. The van der Waals surface area contributed by atoms with E-state index in [2.05, 4.69) is 19.2 Å². The molecule has 0 radical (unpaired) electrons. The molecule has 1 aromatic rings. The van der Waals surface area contributed by atoms with Gasteiger partial charge in [0.05, 0.1) is 12.6 Å². The smallest absolute Gasteiger partial charge is 0.236 e. The molecule has 4 heteroatoms. The molecule has 1 aromatic carbocycles. The van der Waals surface area contributed by atoms with Gasteiger partial charge in [-0.05, 0) is 24.3 Å². The summed E-state index contributed by atoms with van der Waals surface area (Å²) >= 11 is 0. The summed E-state index contributed by atoms with van der Waals surface area (Å²) < 4.78 is 5.54. The maximum absolute atomic E-state index is 11.7. The molecule has 0 aliphatic carbocycles. The average molecular weight is 278 g/mol. The number of hydrogen-bond acceptors (Lipinski definition) is 3. The molecule has 4 nitrogen and oxygen atoms in total. The van der Waals surface area contributed by atoms with Gasteiger partial charge in [-0.2, -0.15) is 0 Å². The van der Waals surface area contributed by atoms with Crippen molar-refractivity contribution in [1.82, 2.24) is 5.32 Å². The molecule has 0 saturated heterocycles. The van der Waals surface area contributed by atoms with Crippen molar-refractivity contribution in [2.75, 3.05) is 13.2 Å². The van der Waals surface area contributed by atoms with Crippen LogP contribution in [-0.4, -0.2) is 25.1 Å². The molecule has 0 aliphatic heterocycles. The van der Waals surface area contributed by atoms with Gasteiger partial charge < -0.3 is 15.8 Å². The number of carbonyl (C=O) groups excluding carboxylic acids is 1. The highest BCUT2D eigenvalue weighted by atomic mass is 16.5. The van der Waals surface area contributed by atoms with Crippen molar-refractivity contribution in [3.8, 4) is 0 Å². The van der Waals surface area contributed by atoms with Crippen LogP contribution in [-0.2, 0) is 16.1 Å². The number of hydrogen-bond donors (Lipinski definition) is 2. The molecule has 0 heterocycles. The Labute approximate surface area is 121 Å². The third-order valence-electron chi connectivity index (χ3n) is 2.94. The van der Waals surface area contributed by atoms with Gasteiger partial charge >= 0.3 is 0 Å². The number of nitrogens with one attached hydrogen (secondary N) is 1. The van der Waals surface area contributed by atoms with E-state index < -0.39 is 6.04 Å². The lowest BCUT2D eigenvalue weighted by atomic mass is 10.0. The summed E-state index contributed by atoms with van der Waals surface area (Å²) in [6.07, 6.45) is 1.52. The molecule has 0 aliphatic rings. The Morgan fingerprint density at radius 2 is 2.00 bits per heavy atom. The normalized spacial score (nSPS) is 12.4. The van der Waals surface area contributed by atoms with Crippen LogP contribution < -0.4 is 11.1 Å². The van der Waals surface area contributed by atoms with Crippen LogP contribution in [0, 0.1) is 5.92 Å². The summed E-state index contributed by atoms with van der Waals surface area (Å²) in [5.74, 6) is 0.367. The van der Waals surface area contributed by atoms with Crippen molar-refractivity contribution >= 4 is 5.91 Å². The number of amides is 1. The molecule has 3 N–H and O–H groups in total. The van der Waals surface area contributed by atoms with Gasteiger partial charge in [-0.3, -0.25) is 4.79 Å². The summed E-state index contributed by atoms with van der Waals surface area (Å²) in [6.45, 7) is 5.98. The maximum Gasteiger partial charge on any atom is 0.236 e. The van der Waals surface area contributed by atoms with Gasteiger partial charge in [-0.1, -0.05) is 44.2 Å². The van der Waals surface area contributed by atoms with Crippen molar-refractivity contribution in [2.45, 2.75) is 39.3 Å². The van der Waals surface area contributed by atoms with E-state index >= 15 is 0 Å². The van der Waals surface area contributed by atoms with Gasteiger partial charge in [-0.25, -0.2) is 0 Å². The fraction of sp³-hybridized carbons (Fsp3) is 0.562. The maximum atomic E-state index is 11.7. The standard InChI is InChI=1S/C16H26N2O2/c1-13(2)11-15(17)16(19)18-9-6-10-20-12-14-7-4-3-5-8-14/h3-5,7-8,13,15H,6,9-12,17H2,1-2H3,(H,18,19)/t15-/m0/s1. The van der Waals surface area contributed by atoms with Crippen LogP contribution in [0.4, 0.5) is 0 Å². The van der Waals surface area contributed by atoms with E-state index in [1.165, 1.54) is 0 Å². The van der Waals surface area contributed by atoms with Crippen LogP contribution >= 0.6 is 0 Å². The summed E-state index contributed by atoms with van der Waals surface area (Å²) in [6, 6.07) is 9.64. The predicted octanol–water partition coefficient (Wildman–Crippen LogP) is 2.08. The number of carbonyl (C=O) groups is 1. The third kappa shape index (κ3) is 7.26. The Morgan fingerprint density at radius 1 is 1.30 bits per heavy atom. The Morgan fingerprint density at radius 3 is 2.65 bits per heavy atom. The lowest BCUT2D eigenvalue weighted by Crippen LogP contribution is -2.41. The van der Waals surface area contributed by atoms with Crippen molar-refractivity contribution in [3.05, 3.63) is 35.9 Å². The van der Waals surface area contributed by atoms with Crippen LogP contribution in [0.2, 0.25) is 0 Å².